The third-order valence-electron chi connectivity index (χ3n) is 8.46. The lowest BCUT2D eigenvalue weighted by molar-refractivity contribution is -0.751. The molecule has 0 aromatic rings. The Bertz CT molecular complexity index is 603. The number of hydrogen-bond acceptors (Lipinski definition) is 3. The molecule has 1 heterocycles. The lowest BCUT2D eigenvalue weighted by atomic mass is 9.59. The van der Waals surface area contributed by atoms with Crippen LogP contribution < -0.4 is 5.32 Å². The molecule has 3 saturated carbocycles. The second-order valence-electron chi connectivity index (χ2n) is 10.2. The zero-order chi connectivity index (χ0) is 19.7. The predicted molar refractivity (Wildman–Crippen MR) is 112 cm³/mol. The Balaban J connectivity index is 1.46. The van der Waals surface area contributed by atoms with Crippen LogP contribution in [0.3, 0.4) is 0 Å². The molecule has 4 aliphatic rings. The Hall–Kier alpha value is -0.170. The van der Waals surface area contributed by atoms with Gasteiger partial charge in [-0.15, -0.1) is 6.04 Å². The fraction of sp³-hybridized carbons (Fsp3) is 1.00. The fourth-order valence-electron chi connectivity index (χ4n) is 7.35. The first kappa shape index (κ1) is 21.1. The summed E-state index contributed by atoms with van der Waals surface area (Å²) >= 11 is 0. The van der Waals surface area contributed by atoms with Crippen LogP contribution in [0.2, 0.25) is 0 Å². The Morgan fingerprint density at radius 3 is 2.11 bits per heavy atom. The van der Waals surface area contributed by atoms with E-state index in [1.807, 2.05) is 7.11 Å². The molecule has 6 heteroatoms. The molecule has 0 amide bonds. The molecule has 5 nitrogen and oxygen atoms in total. The summed E-state index contributed by atoms with van der Waals surface area (Å²) in [4.78, 5) is 0. The molecule has 162 valence electrons. The van der Waals surface area contributed by atoms with E-state index < -0.39 is 10.0 Å². The van der Waals surface area contributed by atoms with Gasteiger partial charge >= 0.3 is 0 Å². The van der Waals surface area contributed by atoms with Crippen LogP contribution in [0.15, 0.2) is 0 Å². The maximum atomic E-state index is 11.6. The van der Waals surface area contributed by atoms with Gasteiger partial charge < -0.3 is 14.8 Å². The van der Waals surface area contributed by atoms with E-state index in [4.69, 9.17) is 4.74 Å². The molecule has 3 aliphatic carbocycles. The van der Waals surface area contributed by atoms with Gasteiger partial charge in [0, 0.05) is 25.2 Å². The first-order valence-corrected chi connectivity index (χ1v) is 13.6. The highest BCUT2D eigenvalue weighted by molar-refractivity contribution is 7.93. The SMILES string of the molecule is COC1CC([N-]S(C)(=O)=O)CCC1CC1C2CCCCC2[NH2+]C2CCCCC21. The van der Waals surface area contributed by atoms with Gasteiger partial charge in [0.2, 0.25) is 0 Å². The number of fused-ring (bicyclic) bond motifs is 2. The topological polar surface area (TPSA) is 74.1 Å². The van der Waals surface area contributed by atoms with E-state index in [0.29, 0.717) is 5.92 Å². The molecule has 0 radical (unpaired) electrons. The normalized spacial score (nSPS) is 44.5. The van der Waals surface area contributed by atoms with E-state index in [2.05, 4.69) is 10.0 Å². The third-order valence-corrected chi connectivity index (χ3v) is 9.14. The summed E-state index contributed by atoms with van der Waals surface area (Å²) in [7, 11) is -1.46. The minimum absolute atomic E-state index is 0.0826. The number of piperidine rings is 1. The predicted octanol–water partition coefficient (Wildman–Crippen LogP) is 3.20. The van der Waals surface area contributed by atoms with Gasteiger partial charge in [-0.1, -0.05) is 19.3 Å². The van der Waals surface area contributed by atoms with E-state index in [1.54, 1.807) is 0 Å². The van der Waals surface area contributed by atoms with E-state index in [0.717, 1.165) is 49.1 Å². The molecule has 1 saturated heterocycles. The monoisotopic (exact) mass is 412 g/mol. The first-order valence-electron chi connectivity index (χ1n) is 11.7. The van der Waals surface area contributed by atoms with Crippen LogP contribution >= 0.6 is 0 Å². The van der Waals surface area contributed by atoms with Gasteiger partial charge in [-0.05, 0) is 69.6 Å². The van der Waals surface area contributed by atoms with Crippen molar-refractivity contribution in [3.05, 3.63) is 4.72 Å². The number of ether oxygens (including phenoxy) is 1. The number of hydrogen-bond donors (Lipinski definition) is 1. The summed E-state index contributed by atoms with van der Waals surface area (Å²) in [5.41, 5.74) is 0. The summed E-state index contributed by atoms with van der Waals surface area (Å²) in [5, 5.41) is 2.79. The zero-order valence-electron chi connectivity index (χ0n) is 17.8. The van der Waals surface area contributed by atoms with Crippen LogP contribution in [0.5, 0.6) is 0 Å². The van der Waals surface area contributed by atoms with Crippen molar-refractivity contribution in [2.75, 3.05) is 13.4 Å². The summed E-state index contributed by atoms with van der Waals surface area (Å²) in [5.74, 6) is 3.21. The van der Waals surface area contributed by atoms with Crippen LogP contribution in [0.1, 0.15) is 77.0 Å². The molecule has 0 spiro atoms. The lowest BCUT2D eigenvalue weighted by Gasteiger charge is -2.51. The number of nitrogens with two attached hydrogens (primary N) is 1. The Morgan fingerprint density at radius 1 is 0.929 bits per heavy atom. The van der Waals surface area contributed by atoms with E-state index in [1.165, 1.54) is 64.0 Å². The summed E-state index contributed by atoms with van der Waals surface area (Å²) < 4.78 is 33.2. The van der Waals surface area contributed by atoms with Crippen LogP contribution in [0, 0.1) is 23.7 Å². The zero-order valence-corrected chi connectivity index (χ0v) is 18.6. The van der Waals surface area contributed by atoms with Crippen LogP contribution in [0.4, 0.5) is 0 Å². The molecule has 2 N–H and O–H groups in total. The van der Waals surface area contributed by atoms with Gasteiger partial charge in [0.15, 0.2) is 0 Å². The molecule has 0 aromatic heterocycles. The summed E-state index contributed by atoms with van der Waals surface area (Å²) in [6.45, 7) is 0. The Morgan fingerprint density at radius 2 is 1.54 bits per heavy atom. The lowest BCUT2D eigenvalue weighted by Crippen LogP contribution is -3.00. The smallest absolute Gasteiger partial charge is 0.0892 e. The highest BCUT2D eigenvalue weighted by atomic mass is 32.2. The van der Waals surface area contributed by atoms with Gasteiger partial charge in [-0.25, -0.2) is 8.42 Å². The average molecular weight is 413 g/mol. The molecule has 28 heavy (non-hydrogen) atoms. The van der Waals surface area contributed by atoms with Crippen molar-refractivity contribution in [1.82, 2.24) is 0 Å². The summed E-state index contributed by atoms with van der Waals surface area (Å²) in [6.07, 6.45) is 16.7. The minimum Gasteiger partial charge on any atom is -0.546 e. The standard InChI is InChI=1S/C22H39N2O3S/c1-27-22-14-16(24-28(2,25)26)12-11-15(22)13-19-17-7-3-5-9-20(17)23-21-10-6-4-8-18(19)21/h15-23H,3-14H2,1-2H3/q-1/p+1. The van der Waals surface area contributed by atoms with E-state index in [-0.39, 0.29) is 12.1 Å². The molecule has 0 bridgehead atoms. The molecule has 4 rings (SSSR count). The third kappa shape index (κ3) is 4.76. The number of quaternary nitrogens is 1. The molecule has 7 atom stereocenters. The van der Waals surface area contributed by atoms with Crippen molar-refractivity contribution in [2.45, 2.75) is 101 Å². The fourth-order valence-corrected chi connectivity index (χ4v) is 8.08. The minimum atomic E-state index is -3.27. The van der Waals surface area contributed by atoms with Crippen molar-refractivity contribution in [1.29, 1.82) is 0 Å². The largest absolute Gasteiger partial charge is 0.546 e. The van der Waals surface area contributed by atoms with Crippen molar-refractivity contribution >= 4 is 10.0 Å². The van der Waals surface area contributed by atoms with Gasteiger partial charge in [-0.3, -0.25) is 0 Å². The first-order chi connectivity index (χ1) is 13.4. The quantitative estimate of drug-likeness (QED) is 0.753. The van der Waals surface area contributed by atoms with Crippen molar-refractivity contribution in [3.8, 4) is 0 Å². The highest BCUT2D eigenvalue weighted by Gasteiger charge is 2.49. The molecule has 7 unspecified atom stereocenters. The average Bonchev–Trinajstić information content (AvgIpc) is 2.67. The second kappa shape index (κ2) is 8.91. The van der Waals surface area contributed by atoms with Gasteiger partial charge in [-0.2, -0.15) is 0 Å². The number of methoxy groups -OCH3 is 1. The Kier molecular flexibility index (Phi) is 6.70. The maximum absolute atomic E-state index is 11.6. The van der Waals surface area contributed by atoms with Crippen LogP contribution in [0.25, 0.3) is 4.72 Å². The van der Waals surface area contributed by atoms with Crippen molar-refractivity contribution < 1.29 is 18.5 Å². The van der Waals surface area contributed by atoms with E-state index >= 15 is 0 Å². The molecule has 1 aliphatic heterocycles. The van der Waals surface area contributed by atoms with Crippen LogP contribution in [-0.4, -0.2) is 46.0 Å². The van der Waals surface area contributed by atoms with Crippen LogP contribution in [-0.2, 0) is 14.8 Å². The van der Waals surface area contributed by atoms with Gasteiger partial charge in [0.05, 0.1) is 28.2 Å². The molecule has 0 aromatic carbocycles. The highest BCUT2D eigenvalue weighted by Crippen LogP contribution is 2.46. The molecular formula is C22H40N2O3S. The van der Waals surface area contributed by atoms with Gasteiger partial charge in [0.1, 0.15) is 0 Å². The van der Waals surface area contributed by atoms with E-state index in [9.17, 15) is 8.42 Å². The van der Waals surface area contributed by atoms with Gasteiger partial charge in [0.25, 0.3) is 0 Å². The Labute approximate surface area is 171 Å². The number of rotatable bonds is 5. The second-order valence-corrected chi connectivity index (χ2v) is 11.8. The molecular weight excluding hydrogens is 372 g/mol. The maximum Gasteiger partial charge on any atom is 0.0892 e. The number of sulfonamides is 1. The molecule has 4 fully saturated rings. The van der Waals surface area contributed by atoms with Crippen molar-refractivity contribution in [3.63, 3.8) is 0 Å². The number of nitrogens with zero attached hydrogens (tertiary/aromatic N) is 1. The van der Waals surface area contributed by atoms with Crippen molar-refractivity contribution in [2.24, 2.45) is 23.7 Å². The summed E-state index contributed by atoms with van der Waals surface area (Å²) in [6, 6.07) is 1.63.